The molecule has 4 saturated carbocycles. The molecule has 0 amide bonds. The molecule has 0 aromatic heterocycles. The summed E-state index contributed by atoms with van der Waals surface area (Å²) in [5.41, 5.74) is -3.09. The largest absolute Gasteiger partial charge is 0.432 e. The minimum atomic E-state index is -2.01. The fourth-order valence-electron chi connectivity index (χ4n) is 16.6. The summed E-state index contributed by atoms with van der Waals surface area (Å²) in [5, 5.41) is 204. The minimum absolute atomic E-state index is 0.127. The lowest BCUT2D eigenvalue weighted by atomic mass is 9.41. The monoisotopic (exact) mass is 1290 g/mol. The van der Waals surface area contributed by atoms with E-state index in [1.165, 1.54) is 6.92 Å². The van der Waals surface area contributed by atoms with Crippen LogP contribution in [-0.4, -0.2) is 326 Å². The summed E-state index contributed by atoms with van der Waals surface area (Å²) in [7, 11) is 0. The highest BCUT2D eigenvalue weighted by Crippen LogP contribution is 2.74. The molecule has 32 heteroatoms. The van der Waals surface area contributed by atoms with E-state index < -0.39 is 257 Å². The predicted octanol–water partition coefficient (Wildman–Crippen LogP) is -8.19. The Labute approximate surface area is 511 Å². The van der Waals surface area contributed by atoms with Crippen molar-refractivity contribution >= 4 is 5.97 Å². The van der Waals surface area contributed by atoms with Crippen LogP contribution in [0.2, 0.25) is 0 Å². The van der Waals surface area contributed by atoms with E-state index in [1.54, 1.807) is 6.92 Å². The Morgan fingerprint density at radius 2 is 0.831 bits per heavy atom. The van der Waals surface area contributed by atoms with Gasteiger partial charge in [0, 0.05) is 5.92 Å². The average molecular weight is 1290 g/mol. The zero-order valence-electron chi connectivity index (χ0n) is 49.6. The van der Waals surface area contributed by atoms with E-state index in [4.69, 9.17) is 56.8 Å². The number of ether oxygens (including phenoxy) is 12. The fraction of sp³-hybridized carbons (Fsp3) is 0.947. The summed E-state index contributed by atoms with van der Waals surface area (Å²) in [6.45, 7) is 4.78. The molecule has 6 aliphatic heterocycles. The Hall–Kier alpha value is -1.99. The summed E-state index contributed by atoms with van der Waals surface area (Å²) >= 11 is 0. The van der Waals surface area contributed by atoms with Crippen LogP contribution in [0, 0.1) is 34.0 Å². The number of hydrogen-bond acceptors (Lipinski definition) is 32. The van der Waals surface area contributed by atoms with Crippen LogP contribution in [-0.2, 0) is 61.6 Å². The van der Waals surface area contributed by atoms with Crippen molar-refractivity contribution in [2.45, 2.75) is 262 Å². The molecule has 4 aliphatic carbocycles. The number of carbonyl (C=O) groups excluding carboxylic acids is 1. The Bertz CT molecular complexity index is 2390. The summed E-state index contributed by atoms with van der Waals surface area (Å²) in [6.07, 6.45) is -47.4. The van der Waals surface area contributed by atoms with Crippen LogP contribution in [0.1, 0.15) is 78.6 Å². The summed E-state index contributed by atoms with van der Waals surface area (Å²) in [4.78, 5) is 15.4. The highest BCUT2D eigenvalue weighted by molar-refractivity contribution is 5.77. The van der Waals surface area contributed by atoms with Gasteiger partial charge in [-0.3, -0.25) is 4.79 Å². The number of carbonyl (C=O) groups is 1. The van der Waals surface area contributed by atoms with E-state index in [0.717, 1.165) is 0 Å². The smallest absolute Gasteiger partial charge is 0.314 e. The maximum Gasteiger partial charge on any atom is 0.314 e. The normalized spacial score (nSPS) is 54.5. The third kappa shape index (κ3) is 12.3. The number of esters is 1. The van der Waals surface area contributed by atoms with Gasteiger partial charge in [-0.25, -0.2) is 0 Å². The number of aliphatic hydroxyl groups is 19. The van der Waals surface area contributed by atoms with E-state index in [0.29, 0.717) is 56.9 Å². The maximum atomic E-state index is 15.4. The molecule has 2 bridgehead atoms. The molecule has 31 unspecified atom stereocenters. The van der Waals surface area contributed by atoms with Crippen LogP contribution in [0.15, 0.2) is 12.2 Å². The molecule has 0 radical (unpaired) electrons. The Balaban J connectivity index is 0.921. The van der Waals surface area contributed by atoms with Gasteiger partial charge < -0.3 is 154 Å². The molecule has 512 valence electrons. The average Bonchev–Trinajstić information content (AvgIpc) is 1.62. The lowest BCUT2D eigenvalue weighted by Crippen LogP contribution is -2.68. The van der Waals surface area contributed by atoms with E-state index >= 15 is 4.79 Å². The number of fused-ring (bicyclic) bond motifs is 3. The van der Waals surface area contributed by atoms with Crippen molar-refractivity contribution in [1.82, 2.24) is 0 Å². The van der Waals surface area contributed by atoms with Crippen LogP contribution >= 0.6 is 0 Å². The molecule has 10 rings (SSSR count). The molecule has 1 spiro atoms. The molecule has 36 atom stereocenters. The highest BCUT2D eigenvalue weighted by atomic mass is 16.8. The van der Waals surface area contributed by atoms with Crippen LogP contribution in [0.5, 0.6) is 0 Å². The SMILES string of the molecule is C=C1C[C@@]23CCC4[C@](C)(C(=O)OC5OC(CO)C(O)C(OC6OC(CO)C(O)C(O)C6O)C5OC5OC(CO)C(O)C(O)C5C)CCC[C@@]4(C)[C@@H]2CC[C@]1(OC1OC(CO)C(O)C(OC2OC(CO)C(O)C(O)C2O)C1OC1OC(CO)C(O)C(O)C1O)C3. The summed E-state index contributed by atoms with van der Waals surface area (Å²) in [6, 6.07) is 0. The van der Waals surface area contributed by atoms with Crippen LogP contribution in [0.25, 0.3) is 0 Å². The molecule has 6 saturated heterocycles. The van der Waals surface area contributed by atoms with Crippen LogP contribution in [0.4, 0.5) is 0 Å². The van der Waals surface area contributed by atoms with Gasteiger partial charge >= 0.3 is 5.97 Å². The molecule has 89 heavy (non-hydrogen) atoms. The number of aliphatic hydroxyl groups excluding tert-OH is 19. The molecule has 32 nitrogen and oxygen atoms in total. The zero-order valence-corrected chi connectivity index (χ0v) is 49.6. The molecule has 10 aliphatic rings. The molecule has 19 N–H and O–H groups in total. The van der Waals surface area contributed by atoms with E-state index in [9.17, 15) is 97.0 Å². The Kier molecular flexibility index (Phi) is 21.4. The van der Waals surface area contributed by atoms with Crippen molar-refractivity contribution in [3.8, 4) is 0 Å². The first-order valence-corrected chi connectivity index (χ1v) is 30.7. The standard InChI is InChI=1S/C57H92O32/c1-20-12-56-10-6-28-54(3,8-5-9-55(28,4)53(77)88-51-45(86-47-21(2)30(64)31(65)22(13-58)78-47)43(35(69)26(17-62)82-51)84-48-40(74)37(71)32(66)23(14-59)79-48)29(56)7-11-57(20,19-56)89-52-46(87-50-42(76)39(73)34(68)25(16-61)81-50)44(36(70)27(18-63)83-52)85-49-41(75)38(72)33(67)24(15-60)80-49/h21-52,58-76H,1,5-19H2,2-4H3/t21?,22?,23?,24?,25?,26?,27?,28?,29-,30?,31?,32?,33?,34?,35?,36?,37?,38?,39?,40?,41?,42?,43?,44?,45?,46?,47?,48?,49?,50?,51?,52?,54+,55+,56+,57-/m0/s1. The van der Waals surface area contributed by atoms with Gasteiger partial charge in [0.2, 0.25) is 6.29 Å². The van der Waals surface area contributed by atoms with Crippen molar-refractivity contribution in [3.63, 3.8) is 0 Å². The first kappa shape index (κ1) is 69.8. The van der Waals surface area contributed by atoms with Crippen molar-refractivity contribution < 1.29 is 159 Å². The lowest BCUT2D eigenvalue weighted by molar-refractivity contribution is -0.400. The van der Waals surface area contributed by atoms with Gasteiger partial charge in [0.25, 0.3) is 0 Å². The Morgan fingerprint density at radius 1 is 0.449 bits per heavy atom. The van der Waals surface area contributed by atoms with Gasteiger partial charge in [0.05, 0.1) is 56.8 Å². The zero-order chi connectivity index (χ0) is 64.7. The van der Waals surface area contributed by atoms with Gasteiger partial charge in [-0.1, -0.05) is 26.8 Å². The fourth-order valence-corrected chi connectivity index (χ4v) is 16.6. The maximum absolute atomic E-state index is 15.4. The molecular weight excluding hydrogens is 1200 g/mol. The number of rotatable bonds is 18. The predicted molar refractivity (Wildman–Crippen MR) is 287 cm³/mol. The van der Waals surface area contributed by atoms with Gasteiger partial charge in [0.15, 0.2) is 37.6 Å². The Morgan fingerprint density at radius 3 is 1.30 bits per heavy atom. The molecule has 0 aromatic rings. The quantitative estimate of drug-likeness (QED) is 0.0344. The highest BCUT2D eigenvalue weighted by Gasteiger charge is 2.70. The van der Waals surface area contributed by atoms with Crippen LogP contribution < -0.4 is 0 Å². The minimum Gasteiger partial charge on any atom is -0.432 e. The second-order valence-corrected chi connectivity index (χ2v) is 26.8. The van der Waals surface area contributed by atoms with Crippen molar-refractivity contribution in [1.29, 1.82) is 0 Å². The second kappa shape index (κ2) is 27.3. The molecule has 10 fully saturated rings. The second-order valence-electron chi connectivity index (χ2n) is 26.8. The van der Waals surface area contributed by atoms with Crippen LogP contribution in [0.3, 0.4) is 0 Å². The van der Waals surface area contributed by atoms with E-state index in [-0.39, 0.29) is 12.3 Å². The van der Waals surface area contributed by atoms with E-state index in [2.05, 4.69) is 13.5 Å². The van der Waals surface area contributed by atoms with Crippen molar-refractivity contribution in [2.24, 2.45) is 34.0 Å². The molecule has 6 heterocycles. The van der Waals surface area contributed by atoms with E-state index in [1.807, 2.05) is 0 Å². The first-order valence-electron chi connectivity index (χ1n) is 30.7. The van der Waals surface area contributed by atoms with Gasteiger partial charge in [-0.05, 0) is 86.5 Å². The first-order chi connectivity index (χ1) is 42.1. The molecule has 0 aromatic carbocycles. The third-order valence-electron chi connectivity index (χ3n) is 21.7. The van der Waals surface area contributed by atoms with Gasteiger partial charge in [0.1, 0.15) is 128 Å². The number of hydrogen-bond donors (Lipinski definition) is 19. The topological polar surface area (TPSA) is 512 Å². The third-order valence-corrected chi connectivity index (χ3v) is 21.7. The van der Waals surface area contributed by atoms with Crippen molar-refractivity contribution in [2.75, 3.05) is 39.6 Å². The lowest BCUT2D eigenvalue weighted by Gasteiger charge is -2.64. The van der Waals surface area contributed by atoms with Crippen molar-refractivity contribution in [3.05, 3.63) is 12.2 Å². The summed E-state index contributed by atoms with van der Waals surface area (Å²) in [5.74, 6) is -2.39. The molecular formula is C57H92O32. The van der Waals surface area contributed by atoms with Gasteiger partial charge in [-0.2, -0.15) is 0 Å². The van der Waals surface area contributed by atoms with Gasteiger partial charge in [-0.15, -0.1) is 0 Å². The summed E-state index contributed by atoms with van der Waals surface area (Å²) < 4.78 is 73.8.